The number of Topliss-reactive ketones (excluding diaryl/α,β-unsaturated/α-hetero) is 1. The first-order valence-electron chi connectivity index (χ1n) is 12.1. The van der Waals surface area contributed by atoms with Crippen molar-refractivity contribution >= 4 is 35.1 Å². The molecule has 1 atom stereocenters. The zero-order chi connectivity index (χ0) is 26.2. The Kier molecular flexibility index (Phi) is 6.82. The van der Waals surface area contributed by atoms with Crippen LogP contribution < -0.4 is 10.5 Å². The number of alkyl halides is 2. The fraction of sp³-hybridized carbons (Fsp3) is 0.276. The summed E-state index contributed by atoms with van der Waals surface area (Å²) in [5, 5.41) is 0.480. The molecule has 1 aliphatic heterocycles. The van der Waals surface area contributed by atoms with Gasteiger partial charge in [-0.05, 0) is 65.1 Å². The summed E-state index contributed by atoms with van der Waals surface area (Å²) in [4.78, 5) is 28.7. The third-order valence-electron chi connectivity index (χ3n) is 6.80. The Hall–Kier alpha value is -3.58. The van der Waals surface area contributed by atoms with Gasteiger partial charge in [-0.15, -0.1) is 0 Å². The summed E-state index contributed by atoms with van der Waals surface area (Å²) >= 11 is 6.51. The third kappa shape index (κ3) is 5.72. The summed E-state index contributed by atoms with van der Waals surface area (Å²) in [6.07, 6.45) is 5.47. The Morgan fingerprint density at radius 3 is 2.54 bits per heavy atom. The number of hydrogen-bond acceptors (Lipinski definition) is 5. The first-order chi connectivity index (χ1) is 17.7. The third-order valence-corrected chi connectivity index (χ3v) is 7.08. The lowest BCUT2D eigenvalue weighted by atomic mass is 9.76. The largest absolute Gasteiger partial charge is 0.488 e. The van der Waals surface area contributed by atoms with Crippen LogP contribution in [0.5, 0.6) is 5.75 Å². The van der Waals surface area contributed by atoms with Gasteiger partial charge in [-0.25, -0.2) is 13.8 Å². The van der Waals surface area contributed by atoms with E-state index in [2.05, 4.69) is 4.98 Å². The van der Waals surface area contributed by atoms with Crippen LogP contribution in [0.4, 0.5) is 14.6 Å². The van der Waals surface area contributed by atoms with Gasteiger partial charge in [0.15, 0.2) is 11.6 Å². The smallest absolute Gasteiger partial charge is 0.249 e. The highest BCUT2D eigenvalue weighted by molar-refractivity contribution is 6.32. The van der Waals surface area contributed by atoms with Gasteiger partial charge in [0.2, 0.25) is 5.92 Å². The number of nitrogen functional groups attached to an aromatic ring is 1. The number of fused-ring (bicyclic) bond motifs is 1. The highest BCUT2D eigenvalue weighted by Gasteiger charge is 2.48. The quantitative estimate of drug-likeness (QED) is 0.267. The van der Waals surface area contributed by atoms with Crippen LogP contribution in [-0.4, -0.2) is 28.6 Å². The van der Waals surface area contributed by atoms with Crippen molar-refractivity contribution in [1.82, 2.24) is 4.98 Å². The normalized spacial score (nSPS) is 18.3. The molecule has 2 aliphatic rings. The van der Waals surface area contributed by atoms with E-state index in [0.29, 0.717) is 41.4 Å². The minimum absolute atomic E-state index is 0.0107. The van der Waals surface area contributed by atoms with Crippen LogP contribution in [0, 0.1) is 5.92 Å². The number of allylic oxidation sites excluding steroid dienone is 1. The molecule has 1 aromatic heterocycles. The number of nitrogens with zero attached hydrogens (tertiary/aromatic N) is 1. The molecule has 8 heteroatoms. The number of benzene rings is 2. The lowest BCUT2D eigenvalue weighted by molar-refractivity contribution is -0.115. The number of carbonyl (C=O) groups is 2. The van der Waals surface area contributed by atoms with Crippen LogP contribution >= 0.6 is 11.6 Å². The molecule has 1 aliphatic carbocycles. The highest BCUT2D eigenvalue weighted by Crippen LogP contribution is 2.44. The van der Waals surface area contributed by atoms with Gasteiger partial charge in [0.25, 0.3) is 0 Å². The average molecular weight is 523 g/mol. The number of nitrogens with two attached hydrogens (primary N) is 1. The maximum absolute atomic E-state index is 13.1. The number of halogens is 3. The van der Waals surface area contributed by atoms with E-state index in [1.54, 1.807) is 54.7 Å². The summed E-state index contributed by atoms with van der Waals surface area (Å²) in [6.45, 7) is 0. The first-order valence-corrected chi connectivity index (χ1v) is 12.5. The zero-order valence-electron chi connectivity index (χ0n) is 19.9. The molecule has 2 aromatic carbocycles. The SMILES string of the molecule is Nc1ccc(/C=C/C(=O)CCC2Cc3cc(-c4ccc(C(=O)C5CC(F)(F)C5)cc4)cc(Cl)c3O2)cn1. The van der Waals surface area contributed by atoms with E-state index < -0.39 is 11.8 Å². The topological polar surface area (TPSA) is 82.3 Å². The lowest BCUT2D eigenvalue weighted by Crippen LogP contribution is -2.39. The minimum atomic E-state index is -2.72. The van der Waals surface area contributed by atoms with E-state index in [1.807, 2.05) is 6.07 Å². The first kappa shape index (κ1) is 25.1. The van der Waals surface area contributed by atoms with E-state index in [4.69, 9.17) is 22.1 Å². The van der Waals surface area contributed by atoms with Crippen LogP contribution in [0.1, 0.15) is 47.2 Å². The maximum Gasteiger partial charge on any atom is 0.249 e. The predicted molar refractivity (Wildman–Crippen MR) is 139 cm³/mol. The molecule has 0 saturated heterocycles. The van der Waals surface area contributed by atoms with E-state index in [9.17, 15) is 18.4 Å². The Morgan fingerprint density at radius 1 is 1.11 bits per heavy atom. The van der Waals surface area contributed by atoms with E-state index in [1.165, 1.54) is 6.08 Å². The Bertz CT molecular complexity index is 1360. The van der Waals surface area contributed by atoms with Crippen molar-refractivity contribution in [2.24, 2.45) is 5.92 Å². The Balaban J connectivity index is 1.19. The molecule has 5 rings (SSSR count). The number of anilines is 1. The van der Waals surface area contributed by atoms with Gasteiger partial charge in [-0.2, -0.15) is 0 Å². The molecule has 3 aromatic rings. The Morgan fingerprint density at radius 2 is 1.86 bits per heavy atom. The fourth-order valence-electron chi connectivity index (χ4n) is 4.72. The molecule has 37 heavy (non-hydrogen) atoms. The zero-order valence-corrected chi connectivity index (χ0v) is 20.7. The molecule has 190 valence electrons. The van der Waals surface area contributed by atoms with Gasteiger partial charge in [0.1, 0.15) is 17.7 Å². The van der Waals surface area contributed by atoms with Crippen molar-refractivity contribution in [2.45, 2.75) is 44.1 Å². The summed E-state index contributed by atoms with van der Waals surface area (Å²) < 4.78 is 32.3. The van der Waals surface area contributed by atoms with Crippen LogP contribution in [0.3, 0.4) is 0 Å². The molecule has 2 N–H and O–H groups in total. The summed E-state index contributed by atoms with van der Waals surface area (Å²) in [6, 6.07) is 14.2. The molecule has 1 fully saturated rings. The van der Waals surface area contributed by atoms with Crippen molar-refractivity contribution < 1.29 is 23.1 Å². The molecular formula is C29H25ClF2N2O3. The number of pyridine rings is 1. The molecule has 0 radical (unpaired) electrons. The molecule has 0 spiro atoms. The number of ether oxygens (including phenoxy) is 1. The lowest BCUT2D eigenvalue weighted by Gasteiger charge is -2.33. The molecule has 5 nitrogen and oxygen atoms in total. The van der Waals surface area contributed by atoms with Crippen LogP contribution in [0.25, 0.3) is 17.2 Å². The van der Waals surface area contributed by atoms with Gasteiger partial charge in [0, 0.05) is 43.4 Å². The molecule has 1 unspecified atom stereocenters. The van der Waals surface area contributed by atoms with E-state index >= 15 is 0 Å². The van der Waals surface area contributed by atoms with Gasteiger partial charge in [-0.1, -0.05) is 35.9 Å². The maximum atomic E-state index is 13.1. The van der Waals surface area contributed by atoms with E-state index in [-0.39, 0.29) is 30.5 Å². The summed E-state index contributed by atoms with van der Waals surface area (Å²) in [5.74, 6) is -2.53. The van der Waals surface area contributed by atoms with Crippen molar-refractivity contribution in [3.05, 3.63) is 82.5 Å². The number of hydrogen-bond donors (Lipinski definition) is 1. The van der Waals surface area contributed by atoms with Gasteiger partial charge < -0.3 is 10.5 Å². The van der Waals surface area contributed by atoms with Gasteiger partial charge >= 0.3 is 0 Å². The van der Waals surface area contributed by atoms with Crippen LogP contribution in [0.2, 0.25) is 5.02 Å². The number of aromatic nitrogens is 1. The average Bonchev–Trinajstić information content (AvgIpc) is 3.29. The number of carbonyl (C=O) groups excluding carboxylic acids is 2. The van der Waals surface area contributed by atoms with Crippen LogP contribution in [0.15, 0.2) is 60.8 Å². The number of ketones is 2. The second-order valence-electron chi connectivity index (χ2n) is 9.65. The Labute approximate surface area is 218 Å². The summed E-state index contributed by atoms with van der Waals surface area (Å²) in [5.41, 5.74) is 9.50. The highest BCUT2D eigenvalue weighted by atomic mass is 35.5. The molecular weight excluding hydrogens is 498 g/mol. The van der Waals surface area contributed by atoms with Gasteiger partial charge in [-0.3, -0.25) is 9.59 Å². The monoisotopic (exact) mass is 522 g/mol. The fourth-order valence-corrected chi connectivity index (χ4v) is 5.00. The molecule has 0 amide bonds. The molecule has 1 saturated carbocycles. The van der Waals surface area contributed by atoms with Crippen molar-refractivity contribution in [1.29, 1.82) is 0 Å². The predicted octanol–water partition coefficient (Wildman–Crippen LogP) is 6.58. The van der Waals surface area contributed by atoms with E-state index in [0.717, 1.165) is 22.3 Å². The standard InChI is InChI=1S/C29H25ClF2N2O3/c30-25-13-20(18-3-5-19(6-4-18)27(36)22-14-29(31,32)15-22)11-21-12-24(37-28(21)25)9-8-23(35)7-1-17-2-10-26(33)34-16-17/h1-7,10-11,13,16,22,24H,8-9,12,14-15H2,(H2,33,34)/b7-1+. The van der Waals surface area contributed by atoms with Crippen molar-refractivity contribution in [3.8, 4) is 16.9 Å². The summed E-state index contributed by atoms with van der Waals surface area (Å²) in [7, 11) is 0. The van der Waals surface area contributed by atoms with Crippen LogP contribution in [-0.2, 0) is 11.2 Å². The second-order valence-corrected chi connectivity index (χ2v) is 10.1. The van der Waals surface area contributed by atoms with Crippen molar-refractivity contribution in [3.63, 3.8) is 0 Å². The minimum Gasteiger partial charge on any atom is -0.488 e. The second kappa shape index (κ2) is 10.1. The number of rotatable bonds is 8. The molecule has 2 heterocycles. The van der Waals surface area contributed by atoms with Crippen molar-refractivity contribution in [2.75, 3.05) is 5.73 Å². The molecule has 0 bridgehead atoms. The van der Waals surface area contributed by atoms with Gasteiger partial charge in [0.05, 0.1) is 5.02 Å².